The van der Waals surface area contributed by atoms with Crippen molar-refractivity contribution >= 4 is 12.0 Å². The van der Waals surface area contributed by atoms with Gasteiger partial charge in [0.2, 0.25) is 0 Å². The van der Waals surface area contributed by atoms with Gasteiger partial charge in [0, 0.05) is 56.7 Å². The number of hydrogen-bond donors (Lipinski definition) is 13. The first kappa shape index (κ1) is 59.9. The van der Waals surface area contributed by atoms with Gasteiger partial charge in [0.1, 0.15) is 12.2 Å². The topological polar surface area (TPSA) is 341 Å². The number of likely N-dealkylation sites (tertiary alicyclic amines) is 1. The molecule has 3 fully saturated rings. The number of urea groups is 1. The van der Waals surface area contributed by atoms with Crippen molar-refractivity contribution in [2.24, 2.45) is 23.3 Å². The SMILES string of the molecule is C[C@@H]1[C@H](O)[C@@H](C)/C=C/C=C/C=C/C=C/C=C/C=C/C=C/C(OC2O[C@H](C)[C@@H](O)[C@H](N)[C@@H]2O)C[C@@H]2O[C@](O)(C[C@@H](O)C[C@@H](O)[C@H](O)CC[C@@H](O)C[C@@H](O)CC(=O)O[C@H]1C)C[C@H](O)[C@H]2NC(=O)N1CC[C@H](N)C1. The van der Waals surface area contributed by atoms with E-state index in [1.54, 1.807) is 63.3 Å². The van der Waals surface area contributed by atoms with Gasteiger partial charge in [-0.25, -0.2) is 4.79 Å². The van der Waals surface area contributed by atoms with Crippen LogP contribution in [0.5, 0.6) is 0 Å². The fourth-order valence-electron chi connectivity index (χ4n) is 9.04. The maximum absolute atomic E-state index is 13.5. The summed E-state index contributed by atoms with van der Waals surface area (Å²) in [4.78, 5) is 27.7. The number of rotatable bonds is 3. The lowest BCUT2D eigenvalue weighted by Crippen LogP contribution is -2.64. The number of nitrogens with zero attached hydrogens (tertiary/aromatic N) is 1. The standard InChI is InChI=1S/C51H82N4O16/c1-30-17-15-13-11-9-7-5-6-8-10-12-14-16-18-38(70-49-48(65)44(53)47(64)33(4)69-49)26-42-45(54-50(66)55-22-21-34(52)29-55)41(61)28-51(67,71-42)27-37(58)24-40(60)39(59)20-19-35(56)23-36(57)25-43(62)68-32(3)31(2)46(30)63/h5-18,30-42,44-49,56-61,63-65,67H,19-29,52-53H2,1-4H3,(H,54,66)/b6-5+,9-7+,10-8+,13-11+,14-12+,17-15+,18-16+/t30-,31-,32-,33+,34-,35+,36+,37-,38?,39+,40+,41-,42-,44-,45+,46+,47+,48-,49?,51+/m0/s1. The summed E-state index contributed by atoms with van der Waals surface area (Å²) in [7, 11) is 0. The van der Waals surface area contributed by atoms with Gasteiger partial charge in [-0.15, -0.1) is 0 Å². The van der Waals surface area contributed by atoms with E-state index in [9.17, 15) is 60.7 Å². The maximum atomic E-state index is 13.5. The van der Waals surface area contributed by atoms with Crippen LogP contribution in [0.3, 0.4) is 0 Å². The molecule has 2 amide bonds. The Hall–Kier alpha value is -3.68. The Morgan fingerprint density at radius 1 is 0.690 bits per heavy atom. The van der Waals surface area contributed by atoms with E-state index in [2.05, 4.69) is 5.32 Å². The number of aliphatic hydroxyl groups excluding tert-OH is 9. The number of carbonyl (C=O) groups excluding carboxylic acids is 2. The number of cyclic esters (lactones) is 1. The van der Waals surface area contributed by atoms with Crippen molar-refractivity contribution in [3.05, 3.63) is 85.1 Å². The summed E-state index contributed by atoms with van der Waals surface area (Å²) in [6.45, 7) is 7.44. The minimum atomic E-state index is -2.25. The highest BCUT2D eigenvalue weighted by molar-refractivity contribution is 5.75. The van der Waals surface area contributed by atoms with Gasteiger partial charge in [-0.1, -0.05) is 98.9 Å². The van der Waals surface area contributed by atoms with Crippen molar-refractivity contribution in [2.75, 3.05) is 13.1 Å². The Bertz CT molecular complexity index is 1850. The van der Waals surface area contributed by atoms with Gasteiger partial charge in [-0.05, 0) is 39.5 Å². The van der Waals surface area contributed by atoms with Crippen molar-refractivity contribution < 1.29 is 79.6 Å². The molecule has 2 bridgehead atoms. The van der Waals surface area contributed by atoms with Crippen LogP contribution in [0.25, 0.3) is 0 Å². The summed E-state index contributed by atoms with van der Waals surface area (Å²) < 4.78 is 23.8. The molecule has 20 heteroatoms. The predicted octanol–water partition coefficient (Wildman–Crippen LogP) is 0.122. The fraction of sp³-hybridized carbons (Fsp3) is 0.686. The first-order valence-electron chi connectivity index (χ1n) is 24.9. The lowest BCUT2D eigenvalue weighted by atomic mass is 9.87. The van der Waals surface area contributed by atoms with Gasteiger partial charge < -0.3 is 91.7 Å². The number of amides is 2. The summed E-state index contributed by atoms with van der Waals surface area (Å²) >= 11 is 0. The van der Waals surface area contributed by atoms with E-state index >= 15 is 0 Å². The van der Waals surface area contributed by atoms with Crippen LogP contribution in [0, 0.1) is 11.8 Å². The Labute approximate surface area is 417 Å². The zero-order valence-corrected chi connectivity index (χ0v) is 41.4. The second-order valence-corrected chi connectivity index (χ2v) is 19.7. The van der Waals surface area contributed by atoms with Crippen molar-refractivity contribution in [1.82, 2.24) is 10.2 Å². The van der Waals surface area contributed by atoms with Crippen LogP contribution in [-0.4, -0.2) is 191 Å². The van der Waals surface area contributed by atoms with E-state index < -0.39 is 147 Å². The summed E-state index contributed by atoms with van der Waals surface area (Å²) in [5, 5.41) is 113. The fourth-order valence-corrected chi connectivity index (χ4v) is 9.04. The second-order valence-electron chi connectivity index (χ2n) is 19.7. The first-order chi connectivity index (χ1) is 33.6. The van der Waals surface area contributed by atoms with Crippen molar-refractivity contribution in [1.29, 1.82) is 0 Å². The zero-order valence-electron chi connectivity index (χ0n) is 41.4. The Balaban J connectivity index is 1.60. The number of esters is 1. The Morgan fingerprint density at radius 2 is 1.30 bits per heavy atom. The molecule has 3 saturated heterocycles. The van der Waals surface area contributed by atoms with Crippen LogP contribution in [-0.2, 0) is 23.7 Å². The summed E-state index contributed by atoms with van der Waals surface area (Å²) in [5.74, 6) is -3.70. The molecule has 0 aromatic rings. The molecule has 0 spiro atoms. The third kappa shape index (κ3) is 19.6. The molecule has 4 heterocycles. The molecule has 0 aliphatic carbocycles. The van der Waals surface area contributed by atoms with E-state index in [1.165, 1.54) is 4.90 Å². The minimum absolute atomic E-state index is 0.0933. The predicted molar refractivity (Wildman–Crippen MR) is 262 cm³/mol. The van der Waals surface area contributed by atoms with Crippen molar-refractivity contribution in [3.63, 3.8) is 0 Å². The quantitative estimate of drug-likeness (QED) is 0.167. The third-order valence-corrected chi connectivity index (χ3v) is 13.5. The molecule has 4 rings (SSSR count). The normalized spacial score (nSPS) is 44.8. The molecular weight excluding hydrogens is 925 g/mol. The summed E-state index contributed by atoms with van der Waals surface area (Å²) in [6, 6.07) is -3.05. The summed E-state index contributed by atoms with van der Waals surface area (Å²) in [5.41, 5.74) is 12.2. The van der Waals surface area contributed by atoms with E-state index in [1.807, 2.05) is 49.5 Å². The Morgan fingerprint density at radius 3 is 1.90 bits per heavy atom. The maximum Gasteiger partial charge on any atom is 0.317 e. The highest BCUT2D eigenvalue weighted by Crippen LogP contribution is 2.35. The van der Waals surface area contributed by atoms with Gasteiger partial charge in [0.25, 0.3) is 0 Å². The van der Waals surface area contributed by atoms with E-state index in [-0.39, 0.29) is 44.2 Å². The lowest BCUT2D eigenvalue weighted by Gasteiger charge is -2.47. The van der Waals surface area contributed by atoms with Gasteiger partial charge >= 0.3 is 12.0 Å². The summed E-state index contributed by atoms with van der Waals surface area (Å²) in [6.07, 6.45) is 5.66. The van der Waals surface area contributed by atoms with Gasteiger partial charge in [0.15, 0.2) is 12.1 Å². The minimum Gasteiger partial charge on any atom is -0.462 e. The molecule has 402 valence electrons. The molecule has 0 aromatic carbocycles. The van der Waals surface area contributed by atoms with Crippen molar-refractivity contribution in [3.8, 4) is 0 Å². The van der Waals surface area contributed by atoms with Gasteiger partial charge in [-0.2, -0.15) is 0 Å². The number of allylic oxidation sites excluding steroid dienone is 12. The first-order valence-corrected chi connectivity index (χ1v) is 24.9. The molecular formula is C51H82N4O16. The molecule has 4 aliphatic rings. The smallest absolute Gasteiger partial charge is 0.317 e. The van der Waals surface area contributed by atoms with Crippen LogP contribution in [0.4, 0.5) is 4.79 Å². The van der Waals surface area contributed by atoms with Crippen LogP contribution in [0.1, 0.15) is 85.5 Å². The average Bonchev–Trinajstić information content (AvgIpc) is 3.75. The number of ether oxygens (including phenoxy) is 4. The molecule has 4 aliphatic heterocycles. The second kappa shape index (κ2) is 29.3. The highest BCUT2D eigenvalue weighted by Gasteiger charge is 2.49. The van der Waals surface area contributed by atoms with Crippen LogP contribution in [0.2, 0.25) is 0 Å². The number of carbonyl (C=O) groups is 2. The largest absolute Gasteiger partial charge is 0.462 e. The van der Waals surface area contributed by atoms with E-state index in [4.69, 9.17) is 30.4 Å². The molecule has 2 unspecified atom stereocenters. The molecule has 15 N–H and O–H groups in total. The molecule has 20 atom stereocenters. The number of nitrogens with two attached hydrogens (primary N) is 2. The Kier molecular flexibility index (Phi) is 24.7. The van der Waals surface area contributed by atoms with Crippen LogP contribution in [0.15, 0.2) is 85.1 Å². The van der Waals surface area contributed by atoms with Crippen LogP contribution < -0.4 is 16.8 Å². The van der Waals surface area contributed by atoms with Gasteiger partial charge in [0.05, 0.1) is 85.6 Å². The number of aliphatic hydroxyl groups is 10. The number of nitrogens with one attached hydrogen (secondary N) is 1. The molecule has 0 saturated carbocycles. The van der Waals surface area contributed by atoms with Crippen LogP contribution >= 0.6 is 0 Å². The molecule has 71 heavy (non-hydrogen) atoms. The number of hydrogen-bond acceptors (Lipinski definition) is 18. The number of fused-ring (bicyclic) bond motifs is 2. The molecule has 20 nitrogen and oxygen atoms in total. The third-order valence-electron chi connectivity index (χ3n) is 13.5. The lowest BCUT2D eigenvalue weighted by molar-refractivity contribution is -0.303. The molecule has 0 radical (unpaired) electrons. The monoisotopic (exact) mass is 1010 g/mol. The van der Waals surface area contributed by atoms with Gasteiger partial charge in [-0.3, -0.25) is 4.79 Å². The average molecular weight is 1010 g/mol. The van der Waals surface area contributed by atoms with Crippen molar-refractivity contribution in [2.45, 2.75) is 195 Å². The molecule has 0 aromatic heterocycles. The zero-order chi connectivity index (χ0) is 52.4. The van der Waals surface area contributed by atoms with E-state index in [0.717, 1.165) is 0 Å². The van der Waals surface area contributed by atoms with E-state index in [0.29, 0.717) is 13.0 Å². The highest BCUT2D eigenvalue weighted by atomic mass is 16.7.